The van der Waals surface area contributed by atoms with Crippen LogP contribution in [0.1, 0.15) is 36.1 Å². The Morgan fingerprint density at radius 3 is 3.00 bits per heavy atom. The van der Waals surface area contributed by atoms with Crippen LogP contribution in [0.2, 0.25) is 0 Å². The maximum atomic E-state index is 12.6. The number of carbonyl (C=O) groups is 1. The molecule has 2 aromatic heterocycles. The van der Waals surface area contributed by atoms with Gasteiger partial charge in [0.25, 0.3) is 5.56 Å². The molecule has 1 fully saturated rings. The first-order valence-corrected chi connectivity index (χ1v) is 8.33. The van der Waals surface area contributed by atoms with Crippen molar-refractivity contribution in [3.8, 4) is 0 Å². The summed E-state index contributed by atoms with van der Waals surface area (Å²) in [6.45, 7) is 0.0723. The van der Waals surface area contributed by atoms with Crippen LogP contribution in [0.4, 0.5) is 0 Å². The molecule has 2 aromatic rings. The van der Waals surface area contributed by atoms with E-state index in [1.165, 1.54) is 27.8 Å². The molecule has 5 nitrogen and oxygen atoms in total. The predicted octanol–water partition coefficient (Wildman–Crippen LogP) is 1.62. The van der Waals surface area contributed by atoms with Gasteiger partial charge in [-0.05, 0) is 44.1 Å². The first-order valence-electron chi connectivity index (χ1n) is 7.51. The van der Waals surface area contributed by atoms with E-state index in [9.17, 15) is 9.59 Å². The molecule has 6 heteroatoms. The second-order valence-corrected chi connectivity index (χ2v) is 6.99. The standard InChI is InChI=1S/C15H17N3O2S/c19-12(17-9-5-6-9)7-18-8-16-14-13(15(18)20)10-3-1-2-4-11(10)21-14/h8-9H,1-7H2,(H,17,19). The minimum absolute atomic E-state index is 0.0645. The van der Waals surface area contributed by atoms with Crippen molar-refractivity contribution < 1.29 is 4.79 Å². The van der Waals surface area contributed by atoms with Gasteiger partial charge in [-0.15, -0.1) is 11.3 Å². The Bertz CT molecular complexity index is 773. The molecule has 0 spiro atoms. The first kappa shape index (κ1) is 13.0. The summed E-state index contributed by atoms with van der Waals surface area (Å²) < 4.78 is 1.45. The van der Waals surface area contributed by atoms with E-state index in [2.05, 4.69) is 10.3 Å². The topological polar surface area (TPSA) is 64.0 Å². The highest BCUT2D eigenvalue weighted by atomic mass is 32.1. The predicted molar refractivity (Wildman–Crippen MR) is 81.7 cm³/mol. The fraction of sp³-hybridized carbons (Fsp3) is 0.533. The van der Waals surface area contributed by atoms with E-state index < -0.39 is 0 Å². The van der Waals surface area contributed by atoms with Crippen molar-refractivity contribution >= 4 is 27.5 Å². The summed E-state index contributed by atoms with van der Waals surface area (Å²) in [5.41, 5.74) is 1.11. The Morgan fingerprint density at radius 2 is 2.19 bits per heavy atom. The lowest BCUT2D eigenvalue weighted by Crippen LogP contribution is -2.33. The van der Waals surface area contributed by atoms with Gasteiger partial charge in [0.05, 0.1) is 11.7 Å². The summed E-state index contributed by atoms with van der Waals surface area (Å²) in [5, 5.41) is 3.66. The van der Waals surface area contributed by atoms with E-state index in [4.69, 9.17) is 0 Å². The molecule has 0 radical (unpaired) electrons. The molecule has 1 saturated carbocycles. The van der Waals surface area contributed by atoms with Crippen LogP contribution < -0.4 is 10.9 Å². The van der Waals surface area contributed by atoms with Gasteiger partial charge in [-0.2, -0.15) is 0 Å². The number of nitrogens with zero attached hydrogens (tertiary/aromatic N) is 2. The second kappa shape index (κ2) is 4.94. The van der Waals surface area contributed by atoms with Crippen LogP contribution in [0.3, 0.4) is 0 Å². The molecule has 0 atom stereocenters. The zero-order valence-electron chi connectivity index (χ0n) is 11.7. The highest BCUT2D eigenvalue weighted by Crippen LogP contribution is 2.33. The number of carbonyl (C=O) groups excluding carboxylic acids is 1. The molecule has 21 heavy (non-hydrogen) atoms. The molecule has 1 N–H and O–H groups in total. The molecule has 4 rings (SSSR count). The van der Waals surface area contributed by atoms with Crippen LogP contribution in [-0.4, -0.2) is 21.5 Å². The minimum atomic E-state index is -0.0927. The van der Waals surface area contributed by atoms with Crippen LogP contribution in [0.25, 0.3) is 10.2 Å². The number of nitrogens with one attached hydrogen (secondary N) is 1. The Balaban J connectivity index is 1.71. The monoisotopic (exact) mass is 303 g/mol. The second-order valence-electron chi connectivity index (χ2n) is 5.91. The Kier molecular flexibility index (Phi) is 3.06. The van der Waals surface area contributed by atoms with E-state index in [1.807, 2.05) is 0 Å². The highest BCUT2D eigenvalue weighted by Gasteiger charge is 2.24. The van der Waals surface area contributed by atoms with Crippen LogP contribution in [-0.2, 0) is 24.2 Å². The third-order valence-electron chi connectivity index (χ3n) is 4.20. The highest BCUT2D eigenvalue weighted by molar-refractivity contribution is 7.18. The van der Waals surface area contributed by atoms with Crippen molar-refractivity contribution in [3.05, 3.63) is 27.1 Å². The number of hydrogen-bond donors (Lipinski definition) is 1. The van der Waals surface area contributed by atoms with E-state index >= 15 is 0 Å². The van der Waals surface area contributed by atoms with Crippen LogP contribution >= 0.6 is 11.3 Å². The third-order valence-corrected chi connectivity index (χ3v) is 5.40. The number of fused-ring (bicyclic) bond motifs is 3. The maximum absolute atomic E-state index is 12.6. The van der Waals surface area contributed by atoms with Crippen molar-refractivity contribution in [2.45, 2.75) is 51.1 Å². The van der Waals surface area contributed by atoms with Gasteiger partial charge >= 0.3 is 0 Å². The van der Waals surface area contributed by atoms with Gasteiger partial charge in [0.15, 0.2) is 0 Å². The summed E-state index contributed by atoms with van der Waals surface area (Å²) in [4.78, 5) is 31.1. The third kappa shape index (κ3) is 2.37. The van der Waals surface area contributed by atoms with Gasteiger partial charge in [0.1, 0.15) is 11.4 Å². The molecule has 0 unspecified atom stereocenters. The zero-order chi connectivity index (χ0) is 14.4. The van der Waals surface area contributed by atoms with E-state index in [1.54, 1.807) is 11.3 Å². The fourth-order valence-electron chi connectivity index (χ4n) is 2.95. The van der Waals surface area contributed by atoms with Gasteiger partial charge in [-0.3, -0.25) is 14.2 Å². The van der Waals surface area contributed by atoms with Gasteiger partial charge in [0, 0.05) is 10.9 Å². The number of aryl methyl sites for hydroxylation is 2. The van der Waals surface area contributed by atoms with Crippen LogP contribution in [0.5, 0.6) is 0 Å². The molecule has 0 bridgehead atoms. The van der Waals surface area contributed by atoms with Crippen LogP contribution in [0, 0.1) is 0 Å². The number of thiophene rings is 1. The fourth-order valence-corrected chi connectivity index (χ4v) is 4.17. The van der Waals surface area contributed by atoms with E-state index in [-0.39, 0.29) is 18.0 Å². The maximum Gasteiger partial charge on any atom is 0.262 e. The summed E-state index contributed by atoms with van der Waals surface area (Å²) >= 11 is 1.64. The molecule has 2 aliphatic rings. The van der Waals surface area contributed by atoms with Crippen molar-refractivity contribution in [1.29, 1.82) is 0 Å². The summed E-state index contributed by atoms with van der Waals surface area (Å²) in [6.07, 6.45) is 7.96. The zero-order valence-corrected chi connectivity index (χ0v) is 12.5. The molecule has 0 aliphatic heterocycles. The van der Waals surface area contributed by atoms with Crippen LogP contribution in [0.15, 0.2) is 11.1 Å². The lowest BCUT2D eigenvalue weighted by atomic mass is 9.97. The van der Waals surface area contributed by atoms with Gasteiger partial charge in [0.2, 0.25) is 5.91 Å². The SMILES string of the molecule is O=C(Cn1cnc2sc3c(c2c1=O)CCCC3)NC1CC1. The normalized spacial score (nSPS) is 17.7. The minimum Gasteiger partial charge on any atom is -0.352 e. The summed E-state index contributed by atoms with van der Waals surface area (Å²) in [6, 6.07) is 0.318. The Morgan fingerprint density at radius 1 is 1.38 bits per heavy atom. The lowest BCUT2D eigenvalue weighted by molar-refractivity contribution is -0.121. The molecule has 110 valence electrons. The Hall–Kier alpha value is -1.69. The molecule has 2 heterocycles. The van der Waals surface area contributed by atoms with E-state index in [0.29, 0.717) is 6.04 Å². The van der Waals surface area contributed by atoms with Crippen molar-refractivity contribution in [3.63, 3.8) is 0 Å². The van der Waals surface area contributed by atoms with Gasteiger partial charge in [-0.1, -0.05) is 0 Å². The summed E-state index contributed by atoms with van der Waals surface area (Å²) in [7, 11) is 0. The average Bonchev–Trinajstić information content (AvgIpc) is 3.19. The molecule has 0 aromatic carbocycles. The molecular weight excluding hydrogens is 286 g/mol. The summed E-state index contributed by atoms with van der Waals surface area (Å²) in [5.74, 6) is -0.0927. The van der Waals surface area contributed by atoms with Crippen molar-refractivity contribution in [1.82, 2.24) is 14.9 Å². The largest absolute Gasteiger partial charge is 0.352 e. The lowest BCUT2D eigenvalue weighted by Gasteiger charge is -2.10. The number of amides is 1. The Labute approximate surface area is 126 Å². The quantitative estimate of drug-likeness (QED) is 0.937. The van der Waals surface area contributed by atoms with E-state index in [0.717, 1.165) is 42.3 Å². The number of rotatable bonds is 3. The number of hydrogen-bond acceptors (Lipinski definition) is 4. The molecule has 1 amide bonds. The molecule has 2 aliphatic carbocycles. The first-order chi connectivity index (χ1) is 10.2. The molecular formula is C15H17N3O2S. The van der Waals surface area contributed by atoms with Gasteiger partial charge in [-0.25, -0.2) is 4.98 Å². The van der Waals surface area contributed by atoms with Gasteiger partial charge < -0.3 is 5.32 Å². The van der Waals surface area contributed by atoms with Crippen molar-refractivity contribution in [2.75, 3.05) is 0 Å². The van der Waals surface area contributed by atoms with Crippen molar-refractivity contribution in [2.24, 2.45) is 0 Å². The number of aromatic nitrogens is 2. The average molecular weight is 303 g/mol. The molecule has 0 saturated heterocycles. The smallest absolute Gasteiger partial charge is 0.262 e.